The van der Waals surface area contributed by atoms with Crippen molar-refractivity contribution in [3.63, 3.8) is 0 Å². The van der Waals surface area contributed by atoms with Gasteiger partial charge in [-0.25, -0.2) is 0 Å². The second kappa shape index (κ2) is 17.6. The van der Waals surface area contributed by atoms with E-state index < -0.39 is 0 Å². The van der Waals surface area contributed by atoms with Crippen LogP contribution in [-0.4, -0.2) is 17.5 Å². The maximum Gasteiger partial charge on any atom is 0.0467 e. The molecule has 0 saturated carbocycles. The van der Waals surface area contributed by atoms with Gasteiger partial charge in [0.2, 0.25) is 0 Å². The maximum atomic E-state index is 9.06. The third kappa shape index (κ3) is 15.7. The highest BCUT2D eigenvalue weighted by atomic mass is 32.1. The second-order valence-electron chi connectivity index (χ2n) is 5.52. The molecule has 0 radical (unpaired) electrons. The molecule has 0 aromatic heterocycles. The summed E-state index contributed by atoms with van der Waals surface area (Å²) in [6, 6.07) is 0. The minimum Gasteiger partial charge on any atom is -0.396 e. The van der Waals surface area contributed by atoms with Gasteiger partial charge in [0.15, 0.2) is 0 Å². The minimum absolute atomic E-state index is 0.286. The summed E-state index contributed by atoms with van der Waals surface area (Å²) in [5, 5.41) is 9.06. The van der Waals surface area contributed by atoms with Crippen LogP contribution < -0.4 is 0 Å². The molecule has 0 saturated heterocycles. The summed E-state index contributed by atoms with van der Waals surface area (Å²) in [5.41, 5.74) is 0. The highest BCUT2D eigenvalue weighted by Gasteiger charge is 2.03. The molecule has 0 rings (SSSR count). The van der Waals surface area contributed by atoms with E-state index in [1.807, 2.05) is 0 Å². The molecule has 1 atom stereocenters. The Balaban J connectivity index is 3.31. The molecule has 0 fully saturated rings. The Morgan fingerprint density at radius 3 is 2.10 bits per heavy atom. The van der Waals surface area contributed by atoms with Gasteiger partial charge in [-0.2, -0.15) is 12.6 Å². The number of unbranched alkanes of at least 4 members (excludes halogenated alkanes) is 4. The minimum atomic E-state index is 0.286. The SMILES string of the molecule is CC/C=C/C/C=C/C/C=C/CCCCCCC(CO)CS. The Kier molecular flexibility index (Phi) is 17.2. The van der Waals surface area contributed by atoms with Gasteiger partial charge in [0.1, 0.15) is 0 Å². The Labute approximate surface area is 137 Å². The largest absolute Gasteiger partial charge is 0.396 e. The highest BCUT2D eigenvalue weighted by molar-refractivity contribution is 7.80. The van der Waals surface area contributed by atoms with E-state index in [4.69, 9.17) is 5.11 Å². The van der Waals surface area contributed by atoms with Gasteiger partial charge in [0.05, 0.1) is 0 Å². The predicted molar refractivity (Wildman–Crippen MR) is 99.1 cm³/mol. The molecule has 0 aromatic rings. The molecule has 0 aliphatic carbocycles. The summed E-state index contributed by atoms with van der Waals surface area (Å²) in [7, 11) is 0. The molecule has 0 heterocycles. The van der Waals surface area contributed by atoms with Crippen LogP contribution in [0.25, 0.3) is 0 Å². The summed E-state index contributed by atoms with van der Waals surface area (Å²) >= 11 is 4.24. The third-order valence-corrected chi connectivity index (χ3v) is 4.05. The molecule has 0 aliphatic rings. The van der Waals surface area contributed by atoms with Crippen LogP contribution in [0.4, 0.5) is 0 Å². The predicted octanol–water partition coefficient (Wildman–Crippen LogP) is 5.72. The van der Waals surface area contributed by atoms with Crippen molar-refractivity contribution in [2.45, 2.75) is 64.7 Å². The number of thiol groups is 1. The number of hydrogen-bond donors (Lipinski definition) is 2. The van der Waals surface area contributed by atoms with Crippen molar-refractivity contribution in [2.75, 3.05) is 12.4 Å². The van der Waals surface area contributed by atoms with Crippen molar-refractivity contribution in [1.29, 1.82) is 0 Å². The summed E-state index contributed by atoms with van der Waals surface area (Å²) in [6.45, 7) is 2.45. The van der Waals surface area contributed by atoms with Gasteiger partial charge in [-0.1, -0.05) is 62.6 Å². The van der Waals surface area contributed by atoms with E-state index in [0.29, 0.717) is 5.92 Å². The molecule has 1 nitrogen and oxygen atoms in total. The second-order valence-corrected chi connectivity index (χ2v) is 5.88. The molecular weight excluding hydrogens is 276 g/mol. The average molecular weight is 311 g/mol. The molecule has 0 aromatic carbocycles. The molecule has 0 amide bonds. The topological polar surface area (TPSA) is 20.2 Å². The lowest BCUT2D eigenvalue weighted by molar-refractivity contribution is 0.230. The molecule has 21 heavy (non-hydrogen) atoms. The van der Waals surface area contributed by atoms with Crippen LogP contribution in [-0.2, 0) is 0 Å². The van der Waals surface area contributed by atoms with E-state index in [2.05, 4.69) is 56.0 Å². The van der Waals surface area contributed by atoms with Crippen LogP contribution in [0.3, 0.4) is 0 Å². The van der Waals surface area contributed by atoms with E-state index in [1.54, 1.807) is 0 Å². The number of aliphatic hydroxyl groups excluding tert-OH is 1. The van der Waals surface area contributed by atoms with E-state index in [9.17, 15) is 0 Å². The number of aliphatic hydroxyl groups is 1. The van der Waals surface area contributed by atoms with Crippen LogP contribution in [0.1, 0.15) is 64.7 Å². The normalized spacial score (nSPS) is 13.9. The Bertz CT molecular complexity index is 277. The lowest BCUT2D eigenvalue weighted by atomic mass is 10.0. The van der Waals surface area contributed by atoms with Crippen molar-refractivity contribution in [1.82, 2.24) is 0 Å². The molecule has 1 unspecified atom stereocenters. The molecule has 1 N–H and O–H groups in total. The Morgan fingerprint density at radius 1 is 0.857 bits per heavy atom. The third-order valence-electron chi connectivity index (χ3n) is 3.53. The monoisotopic (exact) mass is 310 g/mol. The number of rotatable bonds is 14. The first-order valence-corrected chi connectivity index (χ1v) is 9.15. The highest BCUT2D eigenvalue weighted by Crippen LogP contribution is 2.12. The molecular formula is C19H34OS. The smallest absolute Gasteiger partial charge is 0.0467 e. The first-order chi connectivity index (χ1) is 10.3. The molecule has 0 spiro atoms. The summed E-state index contributed by atoms with van der Waals surface area (Å²) in [5.74, 6) is 1.20. The van der Waals surface area contributed by atoms with Crippen molar-refractivity contribution < 1.29 is 5.11 Å². The number of hydrogen-bond acceptors (Lipinski definition) is 2. The van der Waals surface area contributed by atoms with E-state index in [0.717, 1.165) is 31.4 Å². The van der Waals surface area contributed by atoms with Gasteiger partial charge in [-0.3, -0.25) is 0 Å². The fourth-order valence-electron chi connectivity index (χ4n) is 2.12. The van der Waals surface area contributed by atoms with Gasteiger partial charge in [0.25, 0.3) is 0 Å². The first kappa shape index (κ1) is 20.5. The van der Waals surface area contributed by atoms with E-state index in [-0.39, 0.29) is 6.61 Å². The average Bonchev–Trinajstić information content (AvgIpc) is 2.51. The molecule has 0 aliphatic heterocycles. The van der Waals surface area contributed by atoms with Gasteiger partial charge >= 0.3 is 0 Å². The maximum absolute atomic E-state index is 9.06. The zero-order chi connectivity index (χ0) is 15.6. The van der Waals surface area contributed by atoms with Crippen LogP contribution in [0.15, 0.2) is 36.5 Å². The van der Waals surface area contributed by atoms with Crippen LogP contribution in [0, 0.1) is 5.92 Å². The van der Waals surface area contributed by atoms with Crippen molar-refractivity contribution in [3.05, 3.63) is 36.5 Å². The Hall–Kier alpha value is -0.470. The van der Waals surface area contributed by atoms with Gasteiger partial charge in [-0.05, 0) is 50.2 Å². The Morgan fingerprint density at radius 2 is 1.48 bits per heavy atom. The van der Waals surface area contributed by atoms with Crippen molar-refractivity contribution in [2.24, 2.45) is 5.92 Å². The summed E-state index contributed by atoms with van der Waals surface area (Å²) < 4.78 is 0. The zero-order valence-electron chi connectivity index (χ0n) is 13.7. The van der Waals surface area contributed by atoms with Gasteiger partial charge in [0, 0.05) is 6.61 Å². The molecule has 2 heteroatoms. The van der Waals surface area contributed by atoms with E-state index in [1.165, 1.54) is 32.1 Å². The van der Waals surface area contributed by atoms with Crippen molar-refractivity contribution >= 4 is 12.6 Å². The van der Waals surface area contributed by atoms with Crippen molar-refractivity contribution in [3.8, 4) is 0 Å². The van der Waals surface area contributed by atoms with Crippen LogP contribution >= 0.6 is 12.6 Å². The summed E-state index contributed by atoms with van der Waals surface area (Å²) in [4.78, 5) is 0. The quantitative estimate of drug-likeness (QED) is 0.239. The first-order valence-electron chi connectivity index (χ1n) is 8.51. The van der Waals surface area contributed by atoms with Gasteiger partial charge < -0.3 is 5.11 Å². The standard InChI is InChI=1S/C19H34OS/c1-2-3-4-5-6-7-8-9-10-11-12-13-14-15-16-19(17-20)18-21/h3-4,6-7,9-10,19-21H,2,5,8,11-18H2,1H3/b4-3+,7-6+,10-9+. The lowest BCUT2D eigenvalue weighted by Crippen LogP contribution is -2.07. The molecule has 122 valence electrons. The fourth-order valence-corrected chi connectivity index (χ4v) is 2.41. The molecule has 0 bridgehead atoms. The van der Waals surface area contributed by atoms with Crippen LogP contribution in [0.2, 0.25) is 0 Å². The zero-order valence-corrected chi connectivity index (χ0v) is 14.6. The van der Waals surface area contributed by atoms with E-state index >= 15 is 0 Å². The van der Waals surface area contributed by atoms with Gasteiger partial charge in [-0.15, -0.1) is 0 Å². The number of allylic oxidation sites excluding steroid dienone is 6. The summed E-state index contributed by atoms with van der Waals surface area (Å²) in [6.07, 6.45) is 24.1. The van der Waals surface area contributed by atoms with Crippen LogP contribution in [0.5, 0.6) is 0 Å². The fraction of sp³-hybridized carbons (Fsp3) is 0.684. The lowest BCUT2D eigenvalue weighted by Gasteiger charge is -2.09.